The predicted octanol–water partition coefficient (Wildman–Crippen LogP) is 1.04. The summed E-state index contributed by atoms with van der Waals surface area (Å²) in [4.78, 5) is 24.5. The van der Waals surface area contributed by atoms with Crippen molar-refractivity contribution in [3.8, 4) is 0 Å². The number of hydrogen-bond donors (Lipinski definition) is 2. The van der Waals surface area contributed by atoms with E-state index in [0.29, 0.717) is 6.42 Å². The number of benzene rings is 1. The molecule has 0 aliphatic rings. The maximum Gasteiger partial charge on any atom is 0.326 e. The van der Waals surface area contributed by atoms with Crippen LogP contribution >= 0.6 is 0 Å². The highest BCUT2D eigenvalue weighted by Gasteiger charge is 2.28. The summed E-state index contributed by atoms with van der Waals surface area (Å²) in [6, 6.07) is 7.69. The van der Waals surface area contributed by atoms with Crippen LogP contribution in [0, 0.1) is 0 Å². The van der Waals surface area contributed by atoms with Crippen LogP contribution in [0.2, 0.25) is 0 Å². The molecule has 0 unspecified atom stereocenters. The fraction of sp³-hybridized carbons (Fsp3) is 0.333. The molecule has 5 nitrogen and oxygen atoms in total. The van der Waals surface area contributed by atoms with Gasteiger partial charge in [0, 0.05) is 6.54 Å². The first-order valence-electron chi connectivity index (χ1n) is 6.41. The number of carboxylic acid groups (broad SMARTS) is 1. The highest BCUT2D eigenvalue weighted by Crippen LogP contribution is 2.07. The van der Waals surface area contributed by atoms with Gasteiger partial charge in [0.1, 0.15) is 6.04 Å². The molecular weight excluding hydrogens is 256 g/mol. The molecule has 2 atom stereocenters. The third-order valence-electron chi connectivity index (χ3n) is 3.05. The Bertz CT molecular complexity index is 473. The van der Waals surface area contributed by atoms with E-state index in [2.05, 4.69) is 6.58 Å². The molecule has 0 heterocycles. The average Bonchev–Trinajstić information content (AvgIpc) is 2.44. The first-order chi connectivity index (χ1) is 9.47. The van der Waals surface area contributed by atoms with E-state index in [1.54, 1.807) is 0 Å². The molecular formula is C15H20N2O3. The van der Waals surface area contributed by atoms with Gasteiger partial charge in [-0.25, -0.2) is 4.79 Å². The second kappa shape index (κ2) is 7.45. The molecule has 0 saturated carbocycles. The largest absolute Gasteiger partial charge is 0.480 e. The van der Waals surface area contributed by atoms with Crippen LogP contribution in [0.1, 0.15) is 12.5 Å². The minimum Gasteiger partial charge on any atom is -0.480 e. The van der Waals surface area contributed by atoms with E-state index in [0.717, 1.165) is 5.56 Å². The lowest BCUT2D eigenvalue weighted by Crippen LogP contribution is -2.51. The number of nitrogens with zero attached hydrogens (tertiary/aromatic N) is 1. The summed E-state index contributed by atoms with van der Waals surface area (Å²) < 4.78 is 0. The number of amides is 1. The van der Waals surface area contributed by atoms with Crippen molar-refractivity contribution in [1.82, 2.24) is 4.90 Å². The summed E-state index contributed by atoms with van der Waals surface area (Å²) in [5.74, 6) is -1.45. The predicted molar refractivity (Wildman–Crippen MR) is 77.1 cm³/mol. The Morgan fingerprint density at radius 1 is 1.40 bits per heavy atom. The molecule has 0 bridgehead atoms. The summed E-state index contributed by atoms with van der Waals surface area (Å²) in [5.41, 5.74) is 6.84. The van der Waals surface area contributed by atoms with Crippen LogP contribution in [0.15, 0.2) is 43.0 Å². The Labute approximate surface area is 118 Å². The lowest BCUT2D eigenvalue weighted by Gasteiger charge is -2.28. The minimum absolute atomic E-state index is 0.161. The standard InChI is InChI=1S/C15H20N2O3/c1-3-9-17(11(2)15(19)20)14(18)13(16)10-12-7-5-4-6-8-12/h3-8,11,13H,1,9-10,16H2,2H3,(H,19,20)/t11-,13-/m0/s1. The van der Waals surface area contributed by atoms with Gasteiger partial charge in [0.05, 0.1) is 6.04 Å². The lowest BCUT2D eigenvalue weighted by atomic mass is 10.0. The maximum absolute atomic E-state index is 12.3. The van der Waals surface area contributed by atoms with Crippen molar-refractivity contribution in [2.24, 2.45) is 5.73 Å². The lowest BCUT2D eigenvalue weighted by molar-refractivity contribution is -0.149. The SMILES string of the molecule is C=CCN(C(=O)[C@@H](N)Cc1ccccc1)[C@@H](C)C(=O)O. The summed E-state index contributed by atoms with van der Waals surface area (Å²) in [7, 11) is 0. The third-order valence-corrected chi connectivity index (χ3v) is 3.05. The van der Waals surface area contributed by atoms with Crippen molar-refractivity contribution >= 4 is 11.9 Å². The number of carboxylic acids is 1. The molecule has 0 spiro atoms. The van der Waals surface area contributed by atoms with Gasteiger partial charge in [-0.05, 0) is 18.9 Å². The zero-order valence-electron chi connectivity index (χ0n) is 11.5. The highest BCUT2D eigenvalue weighted by molar-refractivity contribution is 5.87. The quantitative estimate of drug-likeness (QED) is 0.729. The molecule has 0 aliphatic carbocycles. The van der Waals surface area contributed by atoms with E-state index in [9.17, 15) is 9.59 Å². The van der Waals surface area contributed by atoms with Crippen molar-refractivity contribution in [2.75, 3.05) is 6.54 Å². The van der Waals surface area contributed by atoms with Crippen LogP contribution < -0.4 is 5.73 Å². The highest BCUT2D eigenvalue weighted by atomic mass is 16.4. The maximum atomic E-state index is 12.3. The van der Waals surface area contributed by atoms with Gasteiger partial charge in [-0.2, -0.15) is 0 Å². The molecule has 0 saturated heterocycles. The van der Waals surface area contributed by atoms with Crippen molar-refractivity contribution in [2.45, 2.75) is 25.4 Å². The summed E-state index contributed by atoms with van der Waals surface area (Å²) in [6.07, 6.45) is 1.87. The number of nitrogens with two attached hydrogens (primary N) is 1. The average molecular weight is 276 g/mol. The number of aliphatic carboxylic acids is 1. The molecule has 1 rings (SSSR count). The molecule has 0 aromatic heterocycles. The fourth-order valence-corrected chi connectivity index (χ4v) is 1.88. The Hall–Kier alpha value is -2.14. The van der Waals surface area contributed by atoms with Crippen LogP contribution in [-0.2, 0) is 16.0 Å². The number of rotatable bonds is 7. The van der Waals surface area contributed by atoms with Crippen LogP contribution in [0.25, 0.3) is 0 Å². The number of hydrogen-bond acceptors (Lipinski definition) is 3. The summed E-state index contributed by atoms with van der Waals surface area (Å²) in [6.45, 7) is 5.16. The van der Waals surface area contributed by atoms with E-state index in [4.69, 9.17) is 10.8 Å². The molecule has 1 aromatic carbocycles. The van der Waals surface area contributed by atoms with E-state index < -0.39 is 18.1 Å². The van der Waals surface area contributed by atoms with Crippen LogP contribution in [0.4, 0.5) is 0 Å². The van der Waals surface area contributed by atoms with Crippen molar-refractivity contribution in [3.05, 3.63) is 48.6 Å². The van der Waals surface area contributed by atoms with Crippen molar-refractivity contribution in [3.63, 3.8) is 0 Å². The molecule has 1 aromatic rings. The summed E-state index contributed by atoms with van der Waals surface area (Å²) >= 11 is 0. The monoisotopic (exact) mass is 276 g/mol. The van der Waals surface area contributed by atoms with Crippen LogP contribution in [0.3, 0.4) is 0 Å². The molecule has 1 amide bonds. The van der Waals surface area contributed by atoms with Gasteiger partial charge >= 0.3 is 5.97 Å². The van der Waals surface area contributed by atoms with Gasteiger partial charge in [0.15, 0.2) is 0 Å². The Morgan fingerprint density at radius 2 is 2.00 bits per heavy atom. The van der Waals surface area contributed by atoms with Crippen LogP contribution in [-0.4, -0.2) is 40.5 Å². The van der Waals surface area contributed by atoms with Gasteiger partial charge in [0.25, 0.3) is 0 Å². The van der Waals surface area contributed by atoms with Crippen LogP contribution in [0.5, 0.6) is 0 Å². The Morgan fingerprint density at radius 3 is 2.50 bits per heavy atom. The van der Waals surface area contributed by atoms with E-state index >= 15 is 0 Å². The zero-order valence-corrected chi connectivity index (χ0v) is 11.5. The third kappa shape index (κ3) is 4.20. The first kappa shape index (κ1) is 15.9. The Kier molecular flexibility index (Phi) is 5.93. The first-order valence-corrected chi connectivity index (χ1v) is 6.41. The molecule has 20 heavy (non-hydrogen) atoms. The number of carbonyl (C=O) groups is 2. The Balaban J connectivity index is 2.78. The van der Waals surface area contributed by atoms with Crippen molar-refractivity contribution in [1.29, 1.82) is 0 Å². The topological polar surface area (TPSA) is 83.6 Å². The van der Waals surface area contributed by atoms with Gasteiger partial charge in [-0.1, -0.05) is 36.4 Å². The molecule has 3 N–H and O–H groups in total. The summed E-state index contributed by atoms with van der Waals surface area (Å²) in [5, 5.41) is 9.03. The molecule has 0 radical (unpaired) electrons. The van der Waals surface area contributed by atoms with Gasteiger partial charge in [-0.15, -0.1) is 6.58 Å². The van der Waals surface area contributed by atoms with Gasteiger partial charge in [-0.3, -0.25) is 4.79 Å². The van der Waals surface area contributed by atoms with Gasteiger partial charge in [0.2, 0.25) is 5.91 Å². The zero-order chi connectivity index (χ0) is 15.1. The number of carbonyl (C=O) groups excluding carboxylic acids is 1. The van der Waals surface area contributed by atoms with E-state index in [1.807, 2.05) is 30.3 Å². The molecule has 0 fully saturated rings. The molecule has 108 valence electrons. The second-order valence-corrected chi connectivity index (χ2v) is 4.59. The second-order valence-electron chi connectivity index (χ2n) is 4.59. The minimum atomic E-state index is -1.06. The molecule has 5 heteroatoms. The van der Waals surface area contributed by atoms with E-state index in [-0.39, 0.29) is 12.5 Å². The fourth-order valence-electron chi connectivity index (χ4n) is 1.88. The smallest absolute Gasteiger partial charge is 0.326 e. The van der Waals surface area contributed by atoms with Gasteiger partial charge < -0.3 is 15.7 Å². The van der Waals surface area contributed by atoms with Crippen molar-refractivity contribution < 1.29 is 14.7 Å². The normalized spacial score (nSPS) is 13.3. The molecule has 0 aliphatic heterocycles. The van der Waals surface area contributed by atoms with E-state index in [1.165, 1.54) is 17.9 Å².